The number of ether oxygens (including phenoxy) is 1. The van der Waals surface area contributed by atoms with Gasteiger partial charge in [-0.3, -0.25) is 4.79 Å². The zero-order valence-electron chi connectivity index (χ0n) is 15.1. The van der Waals surface area contributed by atoms with Crippen LogP contribution in [0, 0.1) is 11.3 Å². The molecule has 2 aliphatic rings. The fourth-order valence-corrected chi connectivity index (χ4v) is 4.19. The smallest absolute Gasteiger partial charge is 0.259 e. The molecule has 1 amide bonds. The average molecular weight is 411 g/mol. The van der Waals surface area contributed by atoms with Gasteiger partial charge in [0.25, 0.3) is 5.91 Å². The summed E-state index contributed by atoms with van der Waals surface area (Å²) in [7, 11) is 0. The Kier molecular flexibility index (Phi) is 6.25. The third-order valence-electron chi connectivity index (χ3n) is 5.47. The van der Waals surface area contributed by atoms with Crippen molar-refractivity contribution in [1.82, 2.24) is 5.32 Å². The maximum Gasteiger partial charge on any atom is 0.259 e. The van der Waals surface area contributed by atoms with E-state index >= 15 is 0 Å². The number of nitriles is 1. The van der Waals surface area contributed by atoms with Crippen LogP contribution in [0.1, 0.15) is 36.8 Å². The van der Waals surface area contributed by atoms with Crippen molar-refractivity contribution in [1.29, 1.82) is 5.26 Å². The van der Waals surface area contributed by atoms with Gasteiger partial charge >= 0.3 is 0 Å². The van der Waals surface area contributed by atoms with Gasteiger partial charge in [-0.1, -0.05) is 11.6 Å². The number of aliphatic hydroxyl groups excluding tert-OH is 4. The van der Waals surface area contributed by atoms with Crippen LogP contribution in [0.2, 0.25) is 5.02 Å². The highest BCUT2D eigenvalue weighted by atomic mass is 35.5. The molecule has 1 aromatic carbocycles. The molecule has 4 unspecified atom stereocenters. The van der Waals surface area contributed by atoms with E-state index in [1.807, 2.05) is 6.07 Å². The molecule has 0 spiro atoms. The molecule has 1 saturated carbocycles. The van der Waals surface area contributed by atoms with Gasteiger partial charge in [0.15, 0.2) is 5.60 Å². The second-order valence-corrected chi connectivity index (χ2v) is 7.75. The Morgan fingerprint density at radius 1 is 1.29 bits per heavy atom. The van der Waals surface area contributed by atoms with Gasteiger partial charge in [-0.25, -0.2) is 0 Å². The van der Waals surface area contributed by atoms with Gasteiger partial charge < -0.3 is 30.5 Å². The lowest BCUT2D eigenvalue weighted by Crippen LogP contribution is -2.63. The van der Waals surface area contributed by atoms with Crippen LogP contribution >= 0.6 is 11.6 Å². The number of rotatable bonds is 4. The van der Waals surface area contributed by atoms with Gasteiger partial charge in [0, 0.05) is 11.4 Å². The molecule has 28 heavy (non-hydrogen) atoms. The van der Waals surface area contributed by atoms with Crippen molar-refractivity contribution >= 4 is 17.5 Å². The molecule has 1 aromatic rings. The molecule has 9 heteroatoms. The van der Waals surface area contributed by atoms with Crippen LogP contribution in [0.25, 0.3) is 0 Å². The van der Waals surface area contributed by atoms with Crippen LogP contribution in [0.5, 0.6) is 0 Å². The highest BCUT2D eigenvalue weighted by Gasteiger charge is 2.55. The largest absolute Gasteiger partial charge is 0.394 e. The standard InChI is InChI=1S/C19H23ClN2O6/c20-12-5-10(8-21)4-11(6-12)19(17(26)7-15(25)16(9-23)28-19)18(27)22-13-2-1-3-14(13)24/h4-6,13-17,23-26H,1-3,7,9H2,(H,22,27)/t13-,14-,15?,16?,17?,19?/m0/s1. The summed E-state index contributed by atoms with van der Waals surface area (Å²) >= 11 is 6.10. The third-order valence-corrected chi connectivity index (χ3v) is 5.69. The SMILES string of the molecule is N#Cc1cc(Cl)cc(C2(C(=O)N[C@H]3CCC[C@@H]3O)OC(CO)C(O)CC2O)c1. The lowest BCUT2D eigenvalue weighted by Gasteiger charge is -2.45. The van der Waals surface area contributed by atoms with Gasteiger partial charge in [0.2, 0.25) is 0 Å². The van der Waals surface area contributed by atoms with Crippen molar-refractivity contribution in [3.05, 3.63) is 34.3 Å². The molecule has 8 nitrogen and oxygen atoms in total. The lowest BCUT2D eigenvalue weighted by molar-refractivity contribution is -0.235. The van der Waals surface area contributed by atoms with Crippen LogP contribution in [-0.4, -0.2) is 63.4 Å². The predicted octanol–water partition coefficient (Wildman–Crippen LogP) is -0.0604. The molecule has 1 heterocycles. The highest BCUT2D eigenvalue weighted by molar-refractivity contribution is 6.30. The first-order valence-electron chi connectivity index (χ1n) is 9.16. The summed E-state index contributed by atoms with van der Waals surface area (Å²) in [6.07, 6.45) is -2.82. The van der Waals surface area contributed by atoms with Crippen LogP contribution in [-0.2, 0) is 15.1 Å². The second kappa shape index (κ2) is 8.33. The molecule has 6 atom stereocenters. The fraction of sp³-hybridized carbons (Fsp3) is 0.579. The number of amides is 1. The summed E-state index contributed by atoms with van der Waals surface area (Å²) < 4.78 is 5.78. The van der Waals surface area contributed by atoms with Crippen molar-refractivity contribution < 1.29 is 30.0 Å². The first kappa shape index (κ1) is 21.0. The lowest BCUT2D eigenvalue weighted by atomic mass is 9.80. The van der Waals surface area contributed by atoms with E-state index in [0.717, 1.165) is 6.42 Å². The van der Waals surface area contributed by atoms with E-state index < -0.39 is 48.6 Å². The van der Waals surface area contributed by atoms with E-state index in [9.17, 15) is 30.5 Å². The Bertz CT molecular complexity index is 784. The zero-order chi connectivity index (χ0) is 20.5. The number of hydrogen-bond acceptors (Lipinski definition) is 7. The summed E-state index contributed by atoms with van der Waals surface area (Å²) in [6.45, 7) is -0.569. The number of carbonyl (C=O) groups excluding carboxylic acids is 1. The minimum absolute atomic E-state index is 0.138. The predicted molar refractivity (Wildman–Crippen MR) is 98.2 cm³/mol. The summed E-state index contributed by atoms with van der Waals surface area (Å²) in [5.74, 6) is -0.720. The van der Waals surface area contributed by atoms with E-state index in [2.05, 4.69) is 5.32 Å². The van der Waals surface area contributed by atoms with E-state index in [1.165, 1.54) is 18.2 Å². The molecular formula is C19H23ClN2O6. The normalized spacial score (nSPS) is 35.4. The van der Waals surface area contributed by atoms with Crippen molar-refractivity contribution in [3.8, 4) is 6.07 Å². The van der Waals surface area contributed by atoms with Crippen LogP contribution in [0.3, 0.4) is 0 Å². The van der Waals surface area contributed by atoms with E-state index in [-0.39, 0.29) is 22.6 Å². The number of nitrogens with one attached hydrogen (secondary N) is 1. The van der Waals surface area contributed by atoms with E-state index in [0.29, 0.717) is 12.8 Å². The van der Waals surface area contributed by atoms with Gasteiger partial charge in [0.05, 0.1) is 42.6 Å². The van der Waals surface area contributed by atoms with Gasteiger partial charge in [-0.15, -0.1) is 0 Å². The average Bonchev–Trinajstić information content (AvgIpc) is 3.06. The van der Waals surface area contributed by atoms with Crippen molar-refractivity contribution in [3.63, 3.8) is 0 Å². The first-order chi connectivity index (χ1) is 13.3. The Labute approximate surface area is 167 Å². The van der Waals surface area contributed by atoms with Gasteiger partial charge in [-0.05, 0) is 43.0 Å². The summed E-state index contributed by atoms with van der Waals surface area (Å²) in [6, 6.07) is 5.63. The van der Waals surface area contributed by atoms with Gasteiger partial charge in [-0.2, -0.15) is 5.26 Å². The number of halogens is 1. The molecule has 0 bridgehead atoms. The summed E-state index contributed by atoms with van der Waals surface area (Å²) in [5.41, 5.74) is -1.69. The summed E-state index contributed by atoms with van der Waals surface area (Å²) in [5, 5.41) is 52.7. The second-order valence-electron chi connectivity index (χ2n) is 7.31. The number of carbonyl (C=O) groups is 1. The van der Waals surface area contributed by atoms with Crippen LogP contribution < -0.4 is 5.32 Å². The highest BCUT2D eigenvalue weighted by Crippen LogP contribution is 2.40. The van der Waals surface area contributed by atoms with E-state index in [4.69, 9.17) is 16.3 Å². The summed E-state index contributed by atoms with van der Waals surface area (Å²) in [4.78, 5) is 13.3. The molecule has 1 aliphatic carbocycles. The topological polar surface area (TPSA) is 143 Å². The van der Waals surface area contributed by atoms with Gasteiger partial charge in [0.1, 0.15) is 6.10 Å². The Balaban J connectivity index is 2.07. The molecular weight excluding hydrogens is 388 g/mol. The number of hydrogen-bond donors (Lipinski definition) is 5. The number of aliphatic hydroxyl groups is 4. The molecule has 0 aromatic heterocycles. The van der Waals surface area contributed by atoms with Crippen LogP contribution in [0.4, 0.5) is 0 Å². The monoisotopic (exact) mass is 410 g/mol. The Morgan fingerprint density at radius 2 is 2.04 bits per heavy atom. The van der Waals surface area contributed by atoms with E-state index in [1.54, 1.807) is 0 Å². The number of benzene rings is 1. The molecule has 152 valence electrons. The molecule has 3 rings (SSSR count). The quantitative estimate of drug-likeness (QED) is 0.467. The minimum Gasteiger partial charge on any atom is -0.394 e. The zero-order valence-corrected chi connectivity index (χ0v) is 15.8. The molecule has 5 N–H and O–H groups in total. The molecule has 2 fully saturated rings. The third kappa shape index (κ3) is 3.74. The molecule has 1 aliphatic heterocycles. The Hall–Kier alpha value is -1.73. The first-order valence-corrected chi connectivity index (χ1v) is 9.54. The Morgan fingerprint density at radius 3 is 2.64 bits per heavy atom. The van der Waals surface area contributed by atoms with Crippen LogP contribution in [0.15, 0.2) is 18.2 Å². The number of nitrogens with zero attached hydrogens (tertiary/aromatic N) is 1. The van der Waals surface area contributed by atoms with Crippen molar-refractivity contribution in [2.75, 3.05) is 6.61 Å². The fourth-order valence-electron chi connectivity index (χ4n) is 3.95. The van der Waals surface area contributed by atoms with Crippen molar-refractivity contribution in [2.24, 2.45) is 0 Å². The molecule has 0 radical (unpaired) electrons. The maximum atomic E-state index is 13.3. The van der Waals surface area contributed by atoms with Crippen molar-refractivity contribution in [2.45, 2.75) is 61.7 Å². The minimum atomic E-state index is -1.99. The molecule has 1 saturated heterocycles. The maximum absolute atomic E-state index is 13.3.